The van der Waals surface area contributed by atoms with E-state index in [1.807, 2.05) is 0 Å². The van der Waals surface area contributed by atoms with Crippen molar-refractivity contribution in [3.63, 3.8) is 0 Å². The zero-order valence-electron chi connectivity index (χ0n) is 19.2. The number of halogens is 3. The largest absolute Gasteiger partial charge is 0.334 e. The Morgan fingerprint density at radius 3 is 2.54 bits per heavy atom. The highest BCUT2D eigenvalue weighted by molar-refractivity contribution is 7.91. The second-order valence-corrected chi connectivity index (χ2v) is 10.9. The highest BCUT2D eigenvalue weighted by atomic mass is 35.5. The monoisotopic (exact) mass is 545 g/mol. The summed E-state index contributed by atoms with van der Waals surface area (Å²) in [7, 11) is -4.12. The molecular weight excluding hydrogens is 528 g/mol. The van der Waals surface area contributed by atoms with Crippen LogP contribution in [0.5, 0.6) is 0 Å². The Labute approximate surface area is 214 Å². The van der Waals surface area contributed by atoms with Crippen LogP contribution in [0.1, 0.15) is 11.3 Å². The first-order chi connectivity index (χ1) is 17.5. The molecule has 37 heavy (non-hydrogen) atoms. The van der Waals surface area contributed by atoms with Crippen molar-refractivity contribution in [2.45, 2.75) is 24.4 Å². The topological polar surface area (TPSA) is 132 Å². The molecule has 1 aliphatic rings. The summed E-state index contributed by atoms with van der Waals surface area (Å²) in [6.07, 6.45) is 0. The molecule has 190 valence electrons. The van der Waals surface area contributed by atoms with E-state index in [2.05, 4.69) is 15.1 Å². The Hall–Kier alpha value is -3.74. The maximum atomic E-state index is 15.3. The minimum atomic E-state index is -4.12. The summed E-state index contributed by atoms with van der Waals surface area (Å²) >= 11 is 5.95. The number of aryl methyl sites for hydroxylation is 1. The number of carbonyl (C=O) groups excluding carboxylic acids is 1. The molecule has 5 rings (SSSR count). The van der Waals surface area contributed by atoms with Gasteiger partial charge in [0.15, 0.2) is 9.84 Å². The summed E-state index contributed by atoms with van der Waals surface area (Å²) in [5.74, 6) is -3.22. The summed E-state index contributed by atoms with van der Waals surface area (Å²) < 4.78 is 59.9. The molecule has 0 radical (unpaired) electrons. The standard InChI is InChI=1S/C24H18ClF2N5O4S/c1-12-15(6-7-21(27)29-12)23-30-22(31-36-23)16-8-19-20(9-17(16)26)37(34,35)11-18(28)24(33)32(19)10-13-2-4-14(25)5-3-13/h2-9,18H,10-11,28H2,1H3/t18-/m0/s1. The summed E-state index contributed by atoms with van der Waals surface area (Å²) in [4.78, 5) is 21.9. The van der Waals surface area contributed by atoms with E-state index in [1.54, 1.807) is 31.2 Å². The molecule has 1 aliphatic heterocycles. The van der Waals surface area contributed by atoms with Crippen LogP contribution in [0.3, 0.4) is 0 Å². The van der Waals surface area contributed by atoms with Gasteiger partial charge in [-0.15, -0.1) is 0 Å². The first kappa shape index (κ1) is 24.9. The molecule has 0 saturated heterocycles. The van der Waals surface area contributed by atoms with E-state index in [-0.39, 0.29) is 40.1 Å². The summed E-state index contributed by atoms with van der Waals surface area (Å²) in [6.45, 7) is 1.49. The lowest BCUT2D eigenvalue weighted by molar-refractivity contribution is -0.119. The molecule has 1 amide bonds. The second kappa shape index (κ2) is 9.29. The average Bonchev–Trinajstić information content (AvgIpc) is 3.30. The van der Waals surface area contributed by atoms with Crippen LogP contribution in [0.4, 0.5) is 14.5 Å². The zero-order chi connectivity index (χ0) is 26.5. The number of benzene rings is 2. The van der Waals surface area contributed by atoms with Crippen molar-refractivity contribution in [3.8, 4) is 22.8 Å². The van der Waals surface area contributed by atoms with Gasteiger partial charge in [0.25, 0.3) is 5.89 Å². The lowest BCUT2D eigenvalue weighted by Gasteiger charge is -2.24. The van der Waals surface area contributed by atoms with E-state index in [0.29, 0.717) is 16.1 Å². The molecule has 13 heteroatoms. The number of hydrogen-bond acceptors (Lipinski definition) is 8. The Kier molecular flexibility index (Phi) is 6.26. The molecule has 9 nitrogen and oxygen atoms in total. The minimum absolute atomic E-state index is 0.0434. The van der Waals surface area contributed by atoms with Gasteiger partial charge < -0.3 is 15.2 Å². The lowest BCUT2D eigenvalue weighted by atomic mass is 10.1. The first-order valence-electron chi connectivity index (χ1n) is 10.9. The minimum Gasteiger partial charge on any atom is -0.334 e. The number of amides is 1. The van der Waals surface area contributed by atoms with E-state index in [9.17, 15) is 17.6 Å². The molecule has 0 aliphatic carbocycles. The maximum absolute atomic E-state index is 15.3. The highest BCUT2D eigenvalue weighted by Crippen LogP contribution is 2.37. The summed E-state index contributed by atoms with van der Waals surface area (Å²) in [5, 5.41) is 4.29. The van der Waals surface area contributed by atoms with Gasteiger partial charge in [-0.1, -0.05) is 28.9 Å². The van der Waals surface area contributed by atoms with Crippen LogP contribution in [0, 0.1) is 18.7 Å². The molecule has 2 N–H and O–H groups in total. The second-order valence-electron chi connectivity index (χ2n) is 8.43. The van der Waals surface area contributed by atoms with Crippen molar-refractivity contribution in [1.29, 1.82) is 0 Å². The smallest absolute Gasteiger partial charge is 0.260 e. The number of carbonyl (C=O) groups is 1. The number of nitrogens with zero attached hydrogens (tertiary/aromatic N) is 4. The number of sulfone groups is 1. The van der Waals surface area contributed by atoms with E-state index in [0.717, 1.165) is 12.1 Å². The van der Waals surface area contributed by atoms with Gasteiger partial charge in [0.1, 0.15) is 5.82 Å². The molecule has 2 aromatic carbocycles. The Morgan fingerprint density at radius 1 is 1.11 bits per heavy atom. The molecule has 0 fully saturated rings. The SMILES string of the molecule is Cc1nc(F)ccc1-c1nc(-c2cc3c(cc2F)S(=O)(=O)C[C@H](N)C(=O)N3Cc2ccc(Cl)cc2)no1. The lowest BCUT2D eigenvalue weighted by Crippen LogP contribution is -2.45. The molecule has 2 aromatic heterocycles. The van der Waals surface area contributed by atoms with E-state index >= 15 is 4.39 Å². The van der Waals surface area contributed by atoms with Gasteiger partial charge in [-0.2, -0.15) is 9.37 Å². The molecular formula is C24H18ClF2N5O4S. The number of rotatable bonds is 4. The molecule has 4 aromatic rings. The zero-order valence-corrected chi connectivity index (χ0v) is 20.7. The van der Waals surface area contributed by atoms with Crippen LogP contribution in [0.15, 0.2) is 57.9 Å². The Morgan fingerprint density at radius 2 is 1.84 bits per heavy atom. The average molecular weight is 546 g/mol. The van der Waals surface area contributed by atoms with Crippen LogP contribution >= 0.6 is 11.6 Å². The van der Waals surface area contributed by atoms with Crippen molar-refractivity contribution in [3.05, 3.63) is 76.6 Å². The van der Waals surface area contributed by atoms with Crippen LogP contribution in [-0.4, -0.2) is 41.2 Å². The number of pyridine rings is 1. The fourth-order valence-corrected chi connectivity index (χ4v) is 5.72. The van der Waals surface area contributed by atoms with Gasteiger partial charge in [0, 0.05) is 5.02 Å². The van der Waals surface area contributed by atoms with E-state index < -0.39 is 39.3 Å². The fraction of sp³-hybridized carbons (Fsp3) is 0.167. The Balaban J connectivity index is 1.64. The van der Waals surface area contributed by atoms with Crippen molar-refractivity contribution in [2.75, 3.05) is 10.7 Å². The number of anilines is 1. The maximum Gasteiger partial charge on any atom is 0.260 e. The van der Waals surface area contributed by atoms with Gasteiger partial charge in [-0.3, -0.25) is 4.79 Å². The van der Waals surface area contributed by atoms with Crippen molar-refractivity contribution in [2.24, 2.45) is 5.73 Å². The number of aromatic nitrogens is 3. The van der Waals surface area contributed by atoms with Crippen LogP contribution in [0.25, 0.3) is 22.8 Å². The highest BCUT2D eigenvalue weighted by Gasteiger charge is 2.37. The van der Waals surface area contributed by atoms with Crippen molar-refractivity contribution >= 4 is 33.0 Å². The predicted octanol–water partition coefficient (Wildman–Crippen LogP) is 3.69. The van der Waals surface area contributed by atoms with Gasteiger partial charge in [0.2, 0.25) is 17.7 Å². The third-order valence-electron chi connectivity index (χ3n) is 5.86. The van der Waals surface area contributed by atoms with E-state index in [4.69, 9.17) is 21.9 Å². The molecule has 0 saturated carbocycles. The molecule has 0 spiro atoms. The number of fused-ring (bicyclic) bond motifs is 1. The van der Waals surface area contributed by atoms with Gasteiger partial charge in [-0.25, -0.2) is 17.8 Å². The molecule has 0 unspecified atom stereocenters. The van der Waals surface area contributed by atoms with Crippen LogP contribution in [-0.2, 0) is 21.2 Å². The van der Waals surface area contributed by atoms with Crippen molar-refractivity contribution in [1.82, 2.24) is 15.1 Å². The van der Waals surface area contributed by atoms with Gasteiger partial charge in [0.05, 0.1) is 45.7 Å². The quantitative estimate of drug-likeness (QED) is 0.384. The molecule has 0 bridgehead atoms. The predicted molar refractivity (Wildman–Crippen MR) is 130 cm³/mol. The third-order valence-corrected chi connectivity index (χ3v) is 7.91. The van der Waals surface area contributed by atoms with Gasteiger partial charge in [-0.05, 0) is 48.9 Å². The normalized spacial score (nSPS) is 16.9. The number of hydrogen-bond donors (Lipinski definition) is 1. The number of nitrogens with two attached hydrogens (primary N) is 1. The van der Waals surface area contributed by atoms with Crippen LogP contribution in [0.2, 0.25) is 5.02 Å². The van der Waals surface area contributed by atoms with Crippen molar-refractivity contribution < 1.29 is 26.5 Å². The Bertz CT molecular complexity index is 1640. The van der Waals surface area contributed by atoms with Gasteiger partial charge >= 0.3 is 0 Å². The fourth-order valence-electron chi connectivity index (χ4n) is 4.03. The summed E-state index contributed by atoms with van der Waals surface area (Å²) in [5.41, 5.74) is 6.90. The van der Waals surface area contributed by atoms with E-state index in [1.165, 1.54) is 17.0 Å². The van der Waals surface area contributed by atoms with Crippen LogP contribution < -0.4 is 10.6 Å². The molecule has 3 heterocycles. The first-order valence-corrected chi connectivity index (χ1v) is 12.9. The summed E-state index contributed by atoms with van der Waals surface area (Å²) in [6, 6.07) is 9.75. The third kappa shape index (κ3) is 4.70. The molecule has 1 atom stereocenters.